The third-order valence-electron chi connectivity index (χ3n) is 10.6. The second-order valence-corrected chi connectivity index (χ2v) is 16.8. The Bertz CT molecular complexity index is 2250. The molecule has 0 bridgehead atoms. The van der Waals surface area contributed by atoms with Gasteiger partial charge in [0.05, 0.1) is 22.7 Å². The number of hydrogen-bond donors (Lipinski definition) is 7. The van der Waals surface area contributed by atoms with Gasteiger partial charge in [-0.1, -0.05) is 24.3 Å². The predicted molar refractivity (Wildman–Crippen MR) is 233 cm³/mol. The molecule has 16 nitrogen and oxygen atoms in total. The van der Waals surface area contributed by atoms with Gasteiger partial charge in [0.1, 0.15) is 33.3 Å². The van der Waals surface area contributed by atoms with Gasteiger partial charge >= 0.3 is 0 Å². The molecule has 10 N–H and O–H groups in total. The van der Waals surface area contributed by atoms with Crippen molar-refractivity contribution >= 4 is 90.8 Å². The molecule has 5 aromatic rings. The average Bonchev–Trinajstić information content (AvgIpc) is 3.92. The topological polar surface area (TPSA) is 240 Å². The minimum atomic E-state index is -0.692. The van der Waals surface area contributed by atoms with E-state index in [0.29, 0.717) is 83.7 Å². The van der Waals surface area contributed by atoms with Crippen LogP contribution in [-0.2, 0) is 9.59 Å². The minimum Gasteiger partial charge on any atom is -0.384 e. The van der Waals surface area contributed by atoms with Crippen LogP contribution in [0.15, 0.2) is 81.5 Å². The van der Waals surface area contributed by atoms with Crippen LogP contribution in [0, 0.1) is 0 Å². The van der Waals surface area contributed by atoms with Gasteiger partial charge in [-0.15, -0.1) is 22.7 Å². The number of aromatic nitrogens is 3. The van der Waals surface area contributed by atoms with Gasteiger partial charge in [0.25, 0.3) is 11.8 Å². The Morgan fingerprint density at radius 1 is 0.690 bits per heavy atom. The summed E-state index contributed by atoms with van der Waals surface area (Å²) in [6.07, 6.45) is 4.04. The number of nitrogens with two attached hydrogens (primary N) is 3. The Morgan fingerprint density at radius 3 is 1.57 bits per heavy atom. The molecule has 2 fully saturated rings. The molecule has 2 aliphatic heterocycles. The van der Waals surface area contributed by atoms with Crippen molar-refractivity contribution in [1.29, 1.82) is 0 Å². The van der Waals surface area contributed by atoms with Crippen LogP contribution in [0.3, 0.4) is 0 Å². The predicted octanol–water partition coefficient (Wildman–Crippen LogP) is 4.28. The zero-order valence-electron chi connectivity index (χ0n) is 32.0. The summed E-state index contributed by atoms with van der Waals surface area (Å²) in [5, 5.41) is 16.2. The number of carbonyl (C=O) groups is 4. The lowest BCUT2D eigenvalue weighted by Crippen LogP contribution is -2.59. The van der Waals surface area contributed by atoms with E-state index in [1.165, 1.54) is 22.7 Å². The highest BCUT2D eigenvalue weighted by atomic mass is 79.9. The van der Waals surface area contributed by atoms with Crippen molar-refractivity contribution < 1.29 is 19.2 Å². The van der Waals surface area contributed by atoms with Crippen LogP contribution in [0.2, 0.25) is 0 Å². The summed E-state index contributed by atoms with van der Waals surface area (Å²) in [4.78, 5) is 66.0. The van der Waals surface area contributed by atoms with Gasteiger partial charge < -0.3 is 48.3 Å². The van der Waals surface area contributed by atoms with Crippen molar-refractivity contribution in [3.05, 3.63) is 92.9 Å². The van der Waals surface area contributed by atoms with Crippen LogP contribution in [0.4, 0.5) is 28.6 Å². The molecule has 7 rings (SSSR count). The van der Waals surface area contributed by atoms with Crippen LogP contribution in [-0.4, -0.2) is 89.9 Å². The van der Waals surface area contributed by atoms with Crippen molar-refractivity contribution in [2.45, 2.75) is 36.8 Å². The molecule has 304 valence electrons. The molecular weight excluding hydrogens is 845 g/mol. The third-order valence-corrected chi connectivity index (χ3v) is 12.9. The molecular formula is C39H45BrN12O4S2. The molecule has 5 heterocycles. The van der Waals surface area contributed by atoms with Crippen molar-refractivity contribution in [3.8, 4) is 10.6 Å². The zero-order chi connectivity index (χ0) is 41.5. The van der Waals surface area contributed by atoms with Gasteiger partial charge in [0, 0.05) is 48.7 Å². The third kappa shape index (κ3) is 9.45. The van der Waals surface area contributed by atoms with Crippen LogP contribution in [0.25, 0.3) is 10.6 Å². The summed E-state index contributed by atoms with van der Waals surface area (Å²) in [5.74, 6) is -0.771. The number of pyridine rings is 1. The second-order valence-electron chi connectivity index (χ2n) is 13.8. The van der Waals surface area contributed by atoms with Gasteiger partial charge in [-0.25, -0.2) is 15.0 Å². The number of thiazole rings is 2. The van der Waals surface area contributed by atoms with Gasteiger partial charge in [-0.2, -0.15) is 0 Å². The highest BCUT2D eigenvalue weighted by molar-refractivity contribution is 9.11. The summed E-state index contributed by atoms with van der Waals surface area (Å²) in [7, 11) is 3.53. The molecule has 2 saturated heterocycles. The number of anilines is 5. The highest BCUT2D eigenvalue weighted by Gasteiger charge is 2.40. The van der Waals surface area contributed by atoms with E-state index in [1.54, 1.807) is 37.1 Å². The number of benzene rings is 2. The monoisotopic (exact) mass is 888 g/mol. The summed E-state index contributed by atoms with van der Waals surface area (Å²) in [5.41, 5.74) is 20.2. The number of likely N-dealkylation sites (N-methyl/N-ethyl adjacent to an activating group) is 2. The Labute approximate surface area is 352 Å². The summed E-state index contributed by atoms with van der Waals surface area (Å²) < 4.78 is 0.668. The molecule has 0 atom stereocenters. The minimum absolute atomic E-state index is 0.252. The fourth-order valence-electron chi connectivity index (χ4n) is 6.98. The number of primary amides is 2. The standard InChI is InChI=1S/C22H25N7O2S.C17H20BrN5O2S/c1-25-22(21(24)31)8-10-29(11-9-22)17-5-3-2-4-15(17)27-19(30)16-13-32-20(28-16)14-6-7-18(23)26-12-14;1-20-17(15(19)25)6-8-23(9-7-17)13-5-3-2-4-11(13)21-14(24)12-10-26-16(18)22-12/h2-7,12-13,25H,8-11H2,1H3,(H2,23,26)(H2,24,31)(H,27,30);2-5,10,20H,6-9H2,1H3,(H2,19,25)(H,21,24). The quantitative estimate of drug-likeness (QED) is 0.0984. The normalized spacial score (nSPS) is 15.8. The number of para-hydroxylation sites is 4. The van der Waals surface area contributed by atoms with E-state index >= 15 is 0 Å². The second kappa shape index (κ2) is 18.4. The molecule has 19 heteroatoms. The Hall–Kier alpha value is -5.47. The Balaban J connectivity index is 0.000000200. The van der Waals surface area contributed by atoms with E-state index in [0.717, 1.165) is 22.6 Å². The van der Waals surface area contributed by atoms with Gasteiger partial charge in [-0.05, 0) is 92.1 Å². The molecule has 0 saturated carbocycles. The molecule has 3 aromatic heterocycles. The number of carbonyl (C=O) groups excluding carboxylic acids is 4. The van der Waals surface area contributed by atoms with E-state index in [-0.39, 0.29) is 23.6 Å². The first kappa shape index (κ1) is 42.1. The number of rotatable bonds is 11. The van der Waals surface area contributed by atoms with E-state index in [2.05, 4.69) is 61.9 Å². The summed E-state index contributed by atoms with van der Waals surface area (Å²) in [6, 6.07) is 18.8. The molecule has 4 amide bonds. The molecule has 0 aliphatic carbocycles. The number of amides is 4. The van der Waals surface area contributed by atoms with Crippen LogP contribution in [0.5, 0.6) is 0 Å². The highest BCUT2D eigenvalue weighted by Crippen LogP contribution is 2.34. The van der Waals surface area contributed by atoms with E-state index in [9.17, 15) is 19.2 Å². The average molecular weight is 890 g/mol. The number of hydrogen-bond acceptors (Lipinski definition) is 14. The number of piperidine rings is 2. The number of nitrogens with one attached hydrogen (secondary N) is 4. The van der Waals surface area contributed by atoms with Crippen molar-refractivity contribution in [3.63, 3.8) is 0 Å². The number of nitrogens with zero attached hydrogens (tertiary/aromatic N) is 5. The van der Waals surface area contributed by atoms with Gasteiger partial charge in [0.2, 0.25) is 11.8 Å². The summed E-state index contributed by atoms with van der Waals surface area (Å²) in [6.45, 7) is 2.61. The Kier molecular flexibility index (Phi) is 13.4. The summed E-state index contributed by atoms with van der Waals surface area (Å²) >= 11 is 6.00. The van der Waals surface area contributed by atoms with E-state index in [1.807, 2.05) is 54.6 Å². The molecule has 0 spiro atoms. The fraction of sp³-hybridized carbons (Fsp3) is 0.308. The molecule has 2 aromatic carbocycles. The maximum atomic E-state index is 12.9. The van der Waals surface area contributed by atoms with Crippen molar-refractivity contribution in [1.82, 2.24) is 25.6 Å². The molecule has 0 radical (unpaired) electrons. The fourth-order valence-corrected chi connectivity index (χ4v) is 8.76. The van der Waals surface area contributed by atoms with Crippen LogP contribution in [0.1, 0.15) is 46.7 Å². The zero-order valence-corrected chi connectivity index (χ0v) is 35.2. The maximum Gasteiger partial charge on any atom is 0.275 e. The van der Waals surface area contributed by atoms with Crippen molar-refractivity contribution in [2.24, 2.45) is 11.5 Å². The lowest BCUT2D eigenvalue weighted by molar-refractivity contribution is -0.125. The van der Waals surface area contributed by atoms with E-state index < -0.39 is 11.1 Å². The first-order valence-corrected chi connectivity index (χ1v) is 21.0. The maximum absolute atomic E-state index is 12.9. The smallest absolute Gasteiger partial charge is 0.275 e. The number of nitrogen functional groups attached to an aromatic ring is 1. The number of halogens is 1. The van der Waals surface area contributed by atoms with E-state index in [4.69, 9.17) is 17.2 Å². The van der Waals surface area contributed by atoms with Crippen LogP contribution < -0.4 is 48.3 Å². The lowest BCUT2D eigenvalue weighted by atomic mass is 9.86. The SMILES string of the molecule is CNC1(C(N)=O)CCN(c2ccccc2NC(=O)c2csc(-c3ccc(N)nc3)n2)CC1.CNC1(C(N)=O)CCN(c2ccccc2NC(=O)c2csc(Br)n2)CC1. The molecule has 0 unspecified atom stereocenters. The van der Waals surface area contributed by atoms with Crippen LogP contribution >= 0.6 is 38.6 Å². The van der Waals surface area contributed by atoms with Crippen molar-refractivity contribution in [2.75, 3.05) is 66.4 Å². The molecule has 2 aliphatic rings. The lowest BCUT2D eigenvalue weighted by Gasteiger charge is -2.41. The first-order chi connectivity index (χ1) is 27.9. The first-order valence-electron chi connectivity index (χ1n) is 18.4. The van der Waals surface area contributed by atoms with Gasteiger partial charge in [-0.3, -0.25) is 19.2 Å². The van der Waals surface area contributed by atoms with Gasteiger partial charge in [0.15, 0.2) is 3.92 Å². The molecule has 58 heavy (non-hydrogen) atoms. The largest absolute Gasteiger partial charge is 0.384 e. The Morgan fingerprint density at radius 2 is 1.16 bits per heavy atom.